The van der Waals surface area contributed by atoms with E-state index in [1.807, 2.05) is 18.2 Å². The molecular formula is C16H26ClNO3. The first-order valence-electron chi connectivity index (χ1n) is 7.33. The van der Waals surface area contributed by atoms with E-state index in [1.54, 1.807) is 14.2 Å². The van der Waals surface area contributed by atoms with Crippen LogP contribution in [-0.2, 0) is 0 Å². The van der Waals surface area contributed by atoms with Crippen molar-refractivity contribution in [2.75, 3.05) is 14.2 Å². The molecule has 120 valence electrons. The highest BCUT2D eigenvalue weighted by atomic mass is 35.5. The van der Waals surface area contributed by atoms with E-state index in [9.17, 15) is 5.11 Å². The van der Waals surface area contributed by atoms with E-state index in [2.05, 4.69) is 0 Å². The monoisotopic (exact) mass is 315 g/mol. The van der Waals surface area contributed by atoms with Crippen molar-refractivity contribution >= 4 is 12.4 Å². The van der Waals surface area contributed by atoms with Crippen LogP contribution in [0, 0.1) is 5.92 Å². The van der Waals surface area contributed by atoms with Gasteiger partial charge < -0.3 is 20.3 Å². The molecule has 4 nitrogen and oxygen atoms in total. The van der Waals surface area contributed by atoms with Crippen LogP contribution in [0.1, 0.15) is 43.7 Å². The van der Waals surface area contributed by atoms with Crippen molar-refractivity contribution in [3.8, 4) is 11.5 Å². The van der Waals surface area contributed by atoms with Crippen LogP contribution in [0.3, 0.4) is 0 Å². The van der Waals surface area contributed by atoms with E-state index in [-0.39, 0.29) is 18.3 Å². The van der Waals surface area contributed by atoms with Crippen LogP contribution < -0.4 is 15.2 Å². The van der Waals surface area contributed by atoms with Crippen LogP contribution in [0.5, 0.6) is 11.5 Å². The van der Waals surface area contributed by atoms with E-state index in [4.69, 9.17) is 15.2 Å². The van der Waals surface area contributed by atoms with Gasteiger partial charge in [-0.05, 0) is 37.0 Å². The minimum absolute atomic E-state index is 0. The number of rotatable bonds is 5. The lowest BCUT2D eigenvalue weighted by atomic mass is 9.81. The van der Waals surface area contributed by atoms with E-state index < -0.39 is 12.1 Å². The second kappa shape index (κ2) is 8.47. The van der Waals surface area contributed by atoms with Crippen molar-refractivity contribution in [2.24, 2.45) is 11.7 Å². The van der Waals surface area contributed by atoms with Gasteiger partial charge in [-0.3, -0.25) is 0 Å². The Balaban J connectivity index is 0.00000220. The normalized spacial score (nSPS) is 18.5. The van der Waals surface area contributed by atoms with Gasteiger partial charge in [-0.25, -0.2) is 0 Å². The van der Waals surface area contributed by atoms with Crippen LogP contribution >= 0.6 is 12.4 Å². The number of aliphatic hydroxyl groups is 1. The topological polar surface area (TPSA) is 64.7 Å². The van der Waals surface area contributed by atoms with Crippen molar-refractivity contribution in [1.82, 2.24) is 0 Å². The molecule has 0 unspecified atom stereocenters. The Bertz CT molecular complexity index is 436. The van der Waals surface area contributed by atoms with Crippen LogP contribution in [-0.4, -0.2) is 25.4 Å². The molecule has 0 heterocycles. The van der Waals surface area contributed by atoms with Gasteiger partial charge in [0, 0.05) is 5.56 Å². The van der Waals surface area contributed by atoms with Crippen LogP contribution in [0.15, 0.2) is 18.2 Å². The van der Waals surface area contributed by atoms with Gasteiger partial charge in [0.2, 0.25) is 0 Å². The van der Waals surface area contributed by atoms with E-state index in [0.29, 0.717) is 5.75 Å². The number of hydrogen-bond acceptors (Lipinski definition) is 4. The molecule has 0 aromatic heterocycles. The summed E-state index contributed by atoms with van der Waals surface area (Å²) in [5.74, 6) is 1.72. The first kappa shape index (κ1) is 18.1. The molecule has 1 aliphatic carbocycles. The molecule has 0 radical (unpaired) electrons. The Morgan fingerprint density at radius 1 is 1.14 bits per heavy atom. The molecule has 1 aromatic carbocycles. The maximum absolute atomic E-state index is 10.6. The Labute approximate surface area is 133 Å². The van der Waals surface area contributed by atoms with Gasteiger partial charge in [0.15, 0.2) is 0 Å². The molecule has 2 atom stereocenters. The molecule has 1 fully saturated rings. The molecule has 1 saturated carbocycles. The average Bonchev–Trinajstić information content (AvgIpc) is 2.53. The first-order valence-corrected chi connectivity index (χ1v) is 7.33. The lowest BCUT2D eigenvalue weighted by Gasteiger charge is -2.31. The van der Waals surface area contributed by atoms with Gasteiger partial charge in [0.25, 0.3) is 0 Å². The van der Waals surface area contributed by atoms with Gasteiger partial charge in [0.05, 0.1) is 26.4 Å². The number of ether oxygens (including phenoxy) is 2. The zero-order valence-corrected chi connectivity index (χ0v) is 13.6. The number of halogens is 1. The third-order valence-electron chi connectivity index (χ3n) is 4.30. The van der Waals surface area contributed by atoms with Crippen LogP contribution in [0.4, 0.5) is 0 Å². The fraction of sp³-hybridized carbons (Fsp3) is 0.625. The standard InChI is InChI=1S/C16H25NO3.ClH/c1-19-12-8-9-14(20-2)13(10-12)15(17)16(18)11-6-4-3-5-7-11;/h8-11,15-16,18H,3-7,17H2,1-2H3;1H/t15-,16+;/m1./s1. The lowest BCUT2D eigenvalue weighted by molar-refractivity contribution is 0.0610. The summed E-state index contributed by atoms with van der Waals surface area (Å²) in [5, 5.41) is 10.6. The summed E-state index contributed by atoms with van der Waals surface area (Å²) < 4.78 is 10.6. The Hall–Kier alpha value is -0.970. The minimum Gasteiger partial charge on any atom is -0.497 e. The van der Waals surface area contributed by atoms with Crippen molar-refractivity contribution in [1.29, 1.82) is 0 Å². The van der Waals surface area contributed by atoms with Gasteiger partial charge in [-0.2, -0.15) is 0 Å². The van der Waals surface area contributed by atoms with Crippen molar-refractivity contribution in [3.05, 3.63) is 23.8 Å². The Kier molecular flexibility index (Phi) is 7.29. The molecule has 0 saturated heterocycles. The molecule has 1 aliphatic rings. The van der Waals surface area contributed by atoms with E-state index >= 15 is 0 Å². The number of benzene rings is 1. The SMILES string of the molecule is COc1ccc(OC)c([C@@H](N)[C@@H](O)C2CCCCC2)c1.Cl. The van der Waals surface area contributed by atoms with Gasteiger partial charge in [0.1, 0.15) is 11.5 Å². The molecule has 5 heteroatoms. The summed E-state index contributed by atoms with van der Waals surface area (Å²) >= 11 is 0. The molecular weight excluding hydrogens is 290 g/mol. The molecule has 0 aliphatic heterocycles. The van der Waals surface area contributed by atoms with Gasteiger partial charge in [-0.1, -0.05) is 19.3 Å². The van der Waals surface area contributed by atoms with Crippen molar-refractivity contribution in [3.63, 3.8) is 0 Å². The first-order chi connectivity index (χ1) is 9.67. The lowest BCUT2D eigenvalue weighted by Crippen LogP contribution is -2.34. The molecule has 3 N–H and O–H groups in total. The fourth-order valence-corrected chi connectivity index (χ4v) is 3.05. The van der Waals surface area contributed by atoms with Crippen LogP contribution in [0.2, 0.25) is 0 Å². The number of nitrogens with two attached hydrogens (primary N) is 1. The maximum atomic E-state index is 10.6. The molecule has 21 heavy (non-hydrogen) atoms. The number of aliphatic hydroxyl groups excluding tert-OH is 1. The third-order valence-corrected chi connectivity index (χ3v) is 4.30. The summed E-state index contributed by atoms with van der Waals surface area (Å²) in [6, 6.07) is 5.09. The quantitative estimate of drug-likeness (QED) is 0.876. The second-order valence-corrected chi connectivity index (χ2v) is 5.52. The maximum Gasteiger partial charge on any atom is 0.123 e. The summed E-state index contributed by atoms with van der Waals surface area (Å²) in [7, 11) is 3.24. The van der Waals surface area contributed by atoms with Crippen molar-refractivity contribution < 1.29 is 14.6 Å². The molecule has 1 aromatic rings. The second-order valence-electron chi connectivity index (χ2n) is 5.52. The Morgan fingerprint density at radius 3 is 2.38 bits per heavy atom. The largest absolute Gasteiger partial charge is 0.497 e. The molecule has 0 spiro atoms. The highest BCUT2D eigenvalue weighted by Gasteiger charge is 2.29. The zero-order valence-electron chi connectivity index (χ0n) is 12.7. The molecule has 0 bridgehead atoms. The smallest absolute Gasteiger partial charge is 0.123 e. The third kappa shape index (κ3) is 4.25. The average molecular weight is 316 g/mol. The fourth-order valence-electron chi connectivity index (χ4n) is 3.05. The minimum atomic E-state index is -0.531. The predicted octanol–water partition coefficient (Wildman–Crippen LogP) is 3.07. The summed E-state index contributed by atoms with van der Waals surface area (Å²) in [6.07, 6.45) is 5.22. The molecule has 2 rings (SSSR count). The Morgan fingerprint density at radius 2 is 1.81 bits per heavy atom. The highest BCUT2D eigenvalue weighted by Crippen LogP contribution is 2.35. The summed E-state index contributed by atoms with van der Waals surface area (Å²) in [4.78, 5) is 0. The summed E-state index contributed by atoms with van der Waals surface area (Å²) in [5.41, 5.74) is 7.09. The van der Waals surface area contributed by atoms with E-state index in [0.717, 1.165) is 24.2 Å². The van der Waals surface area contributed by atoms with Crippen molar-refractivity contribution in [2.45, 2.75) is 44.2 Å². The predicted molar refractivity (Wildman–Crippen MR) is 86.3 cm³/mol. The summed E-state index contributed by atoms with van der Waals surface area (Å²) in [6.45, 7) is 0. The van der Waals surface area contributed by atoms with Crippen LogP contribution in [0.25, 0.3) is 0 Å². The number of methoxy groups -OCH3 is 2. The zero-order chi connectivity index (χ0) is 14.5. The highest BCUT2D eigenvalue weighted by molar-refractivity contribution is 5.85. The van der Waals surface area contributed by atoms with Gasteiger partial charge in [-0.15, -0.1) is 12.4 Å². The van der Waals surface area contributed by atoms with E-state index in [1.165, 1.54) is 19.3 Å². The molecule has 0 amide bonds. The van der Waals surface area contributed by atoms with Gasteiger partial charge >= 0.3 is 0 Å². The number of hydrogen-bond donors (Lipinski definition) is 2.